The van der Waals surface area contributed by atoms with Crippen molar-refractivity contribution in [2.24, 2.45) is 7.05 Å². The minimum Gasteiger partial charge on any atom is -0.457 e. The number of aryl methyl sites for hydroxylation is 2. The molecule has 0 unspecified atom stereocenters. The summed E-state index contributed by atoms with van der Waals surface area (Å²) >= 11 is 0. The van der Waals surface area contributed by atoms with Crippen molar-refractivity contribution < 1.29 is 9.42 Å². The summed E-state index contributed by atoms with van der Waals surface area (Å²) in [6, 6.07) is 32.8. The van der Waals surface area contributed by atoms with Gasteiger partial charge in [-0.05, 0) is 64.0 Å². The summed E-state index contributed by atoms with van der Waals surface area (Å²) in [4.78, 5) is 5.06. The topological polar surface area (TPSA) is 38.9 Å². The Morgan fingerprint density at radius 3 is 2.09 bits per heavy atom. The molecule has 5 aromatic carbocycles. The van der Waals surface area contributed by atoms with Crippen molar-refractivity contribution in [1.29, 1.82) is 0 Å². The van der Waals surface area contributed by atoms with Crippen molar-refractivity contribution >= 4 is 32.6 Å². The van der Waals surface area contributed by atoms with Crippen LogP contribution in [0.1, 0.15) is 5.56 Å². The third kappa shape index (κ3) is 3.37. The van der Waals surface area contributed by atoms with E-state index in [1.165, 1.54) is 0 Å². The lowest BCUT2D eigenvalue weighted by atomic mass is 9.98. The van der Waals surface area contributed by atoms with Gasteiger partial charge in [0.15, 0.2) is 5.52 Å². The second-order valence-electron chi connectivity index (χ2n) is 8.26. The highest BCUT2D eigenvalue weighted by Gasteiger charge is 2.22. The van der Waals surface area contributed by atoms with Crippen molar-refractivity contribution in [3.63, 3.8) is 0 Å². The van der Waals surface area contributed by atoms with Gasteiger partial charge in [-0.15, -0.1) is 4.68 Å². The number of hydrogen-bond acceptors (Lipinski definition) is 3. The van der Waals surface area contributed by atoms with Gasteiger partial charge < -0.3 is 4.74 Å². The lowest BCUT2D eigenvalue weighted by molar-refractivity contribution is -0.720. The van der Waals surface area contributed by atoms with E-state index in [0.29, 0.717) is 0 Å². The molecule has 33 heavy (non-hydrogen) atoms. The zero-order chi connectivity index (χ0) is 22.4. The van der Waals surface area contributed by atoms with Crippen LogP contribution in [-0.2, 0) is 7.05 Å². The molecule has 0 bridgehead atoms. The van der Waals surface area contributed by atoms with Crippen LogP contribution < -0.4 is 9.42 Å². The molecule has 0 spiro atoms. The standard InChI is InChI=1S/C29H22N3O/c1-19-23-14-8-9-15-24(23)28(33-22-12-4-3-5-13-22)18-25(19)29-30-26-16-20-10-6-7-11-21(20)17-27(26)31-32(29)2/h3-18H,1-2H3/q+1. The van der Waals surface area contributed by atoms with Gasteiger partial charge in [-0.3, -0.25) is 0 Å². The number of aromatic nitrogens is 3. The molecule has 0 amide bonds. The summed E-state index contributed by atoms with van der Waals surface area (Å²) in [6.07, 6.45) is 0. The first-order chi connectivity index (χ1) is 16.2. The molecule has 6 rings (SSSR count). The Balaban J connectivity index is 1.59. The Labute approximate surface area is 191 Å². The molecule has 0 fully saturated rings. The quantitative estimate of drug-likeness (QED) is 0.238. The summed E-state index contributed by atoms with van der Waals surface area (Å²) in [5, 5.41) is 9.38. The molecule has 4 nitrogen and oxygen atoms in total. The molecule has 158 valence electrons. The molecule has 0 radical (unpaired) electrons. The average molecular weight is 429 g/mol. The molecule has 0 atom stereocenters. The summed E-state index contributed by atoms with van der Waals surface area (Å²) in [5.41, 5.74) is 3.90. The number of nitrogens with zero attached hydrogens (tertiary/aromatic N) is 3. The Kier molecular flexibility index (Phi) is 4.51. The molecule has 0 saturated carbocycles. The van der Waals surface area contributed by atoms with E-state index in [1.807, 2.05) is 60.3 Å². The van der Waals surface area contributed by atoms with Crippen molar-refractivity contribution in [2.75, 3.05) is 0 Å². The first-order valence-electron chi connectivity index (χ1n) is 11.0. The SMILES string of the molecule is Cc1c(-c2nc3cc4ccccc4cc3n[n+]2C)cc(Oc2ccccc2)c2ccccc12. The maximum absolute atomic E-state index is 6.34. The largest absolute Gasteiger partial charge is 0.457 e. The monoisotopic (exact) mass is 428 g/mol. The number of hydrogen-bond donors (Lipinski definition) is 0. The van der Waals surface area contributed by atoms with Crippen LogP contribution in [0.25, 0.3) is 44.0 Å². The van der Waals surface area contributed by atoms with Crippen LogP contribution in [0.15, 0.2) is 97.1 Å². The van der Waals surface area contributed by atoms with Crippen LogP contribution in [-0.4, -0.2) is 10.1 Å². The average Bonchev–Trinajstić information content (AvgIpc) is 2.85. The van der Waals surface area contributed by atoms with Gasteiger partial charge in [-0.25, -0.2) is 0 Å². The molecular weight excluding hydrogens is 406 g/mol. The number of ether oxygens (including phenoxy) is 1. The molecule has 0 saturated heterocycles. The van der Waals surface area contributed by atoms with E-state index in [0.717, 1.165) is 61.0 Å². The normalized spacial score (nSPS) is 11.3. The van der Waals surface area contributed by atoms with Crippen molar-refractivity contribution in [2.45, 2.75) is 6.92 Å². The molecule has 0 aliphatic heterocycles. The second kappa shape index (κ2) is 7.68. The molecule has 1 heterocycles. The highest BCUT2D eigenvalue weighted by atomic mass is 16.5. The van der Waals surface area contributed by atoms with Crippen LogP contribution >= 0.6 is 0 Å². The van der Waals surface area contributed by atoms with Gasteiger partial charge in [0.05, 0.1) is 5.56 Å². The highest BCUT2D eigenvalue weighted by molar-refractivity contribution is 5.97. The van der Waals surface area contributed by atoms with Crippen LogP contribution in [0, 0.1) is 6.92 Å². The first-order valence-corrected chi connectivity index (χ1v) is 11.0. The van der Waals surface area contributed by atoms with E-state index in [-0.39, 0.29) is 0 Å². The van der Waals surface area contributed by atoms with E-state index < -0.39 is 0 Å². The second-order valence-corrected chi connectivity index (χ2v) is 8.26. The third-order valence-electron chi connectivity index (χ3n) is 6.12. The van der Waals surface area contributed by atoms with Gasteiger partial charge in [-0.1, -0.05) is 71.8 Å². The lowest BCUT2D eigenvalue weighted by Gasteiger charge is -2.13. The molecule has 0 N–H and O–H groups in total. The fourth-order valence-corrected chi connectivity index (χ4v) is 4.44. The summed E-state index contributed by atoms with van der Waals surface area (Å²) in [5.74, 6) is 2.41. The summed E-state index contributed by atoms with van der Waals surface area (Å²) < 4.78 is 8.20. The Morgan fingerprint density at radius 2 is 1.33 bits per heavy atom. The highest BCUT2D eigenvalue weighted by Crippen LogP contribution is 2.37. The van der Waals surface area contributed by atoms with Crippen LogP contribution in [0.3, 0.4) is 0 Å². The van der Waals surface area contributed by atoms with Crippen molar-refractivity contribution in [3.8, 4) is 22.9 Å². The van der Waals surface area contributed by atoms with E-state index in [2.05, 4.69) is 55.5 Å². The van der Waals surface area contributed by atoms with Crippen LogP contribution in [0.2, 0.25) is 0 Å². The van der Waals surface area contributed by atoms with E-state index >= 15 is 0 Å². The minimum absolute atomic E-state index is 0.804. The maximum Gasteiger partial charge on any atom is 0.351 e. The van der Waals surface area contributed by atoms with Crippen LogP contribution in [0.4, 0.5) is 0 Å². The Hall–Kier alpha value is -4.31. The number of para-hydroxylation sites is 1. The number of fused-ring (bicyclic) bond motifs is 3. The molecule has 6 aromatic rings. The van der Waals surface area contributed by atoms with Gasteiger partial charge in [0.1, 0.15) is 18.5 Å². The molecule has 1 aromatic heterocycles. The number of rotatable bonds is 3. The van der Waals surface area contributed by atoms with Gasteiger partial charge in [0.2, 0.25) is 5.52 Å². The minimum atomic E-state index is 0.804. The lowest BCUT2D eigenvalue weighted by Crippen LogP contribution is -2.37. The fourth-order valence-electron chi connectivity index (χ4n) is 4.44. The Bertz CT molecular complexity index is 1660. The zero-order valence-electron chi connectivity index (χ0n) is 18.5. The molecule has 0 aliphatic carbocycles. The predicted molar refractivity (Wildman–Crippen MR) is 132 cm³/mol. The Morgan fingerprint density at radius 1 is 0.697 bits per heavy atom. The maximum atomic E-state index is 6.34. The molecule has 4 heteroatoms. The predicted octanol–water partition coefficient (Wildman–Crippen LogP) is 6.53. The van der Waals surface area contributed by atoms with E-state index in [1.54, 1.807) is 0 Å². The fraction of sp³-hybridized carbons (Fsp3) is 0.0690. The molecule has 0 aliphatic rings. The first kappa shape index (κ1) is 19.4. The third-order valence-corrected chi connectivity index (χ3v) is 6.12. The summed E-state index contributed by atoms with van der Waals surface area (Å²) in [6.45, 7) is 2.14. The van der Waals surface area contributed by atoms with Gasteiger partial charge in [0, 0.05) is 5.39 Å². The number of benzene rings is 5. The summed E-state index contributed by atoms with van der Waals surface area (Å²) in [7, 11) is 1.95. The van der Waals surface area contributed by atoms with Crippen molar-refractivity contribution in [3.05, 3.63) is 103 Å². The molecular formula is C29H22N3O+. The smallest absolute Gasteiger partial charge is 0.351 e. The van der Waals surface area contributed by atoms with E-state index in [4.69, 9.17) is 14.8 Å². The van der Waals surface area contributed by atoms with Crippen molar-refractivity contribution in [1.82, 2.24) is 10.1 Å². The van der Waals surface area contributed by atoms with Gasteiger partial charge in [0.25, 0.3) is 0 Å². The van der Waals surface area contributed by atoms with Gasteiger partial charge >= 0.3 is 5.82 Å². The van der Waals surface area contributed by atoms with E-state index in [9.17, 15) is 0 Å². The van der Waals surface area contributed by atoms with Gasteiger partial charge in [-0.2, -0.15) is 0 Å². The van der Waals surface area contributed by atoms with Crippen LogP contribution in [0.5, 0.6) is 11.5 Å². The zero-order valence-corrected chi connectivity index (χ0v) is 18.5.